The molecule has 1 aromatic rings. The maximum absolute atomic E-state index is 12.5. The Balaban J connectivity index is 1.65. The molecule has 1 aromatic carbocycles. The van der Waals surface area contributed by atoms with E-state index >= 15 is 0 Å². The molecule has 0 spiro atoms. The third-order valence-corrected chi connectivity index (χ3v) is 4.21. The highest BCUT2D eigenvalue weighted by Crippen LogP contribution is 2.18. The summed E-state index contributed by atoms with van der Waals surface area (Å²) in [5, 5.41) is 2.80. The lowest BCUT2D eigenvalue weighted by Gasteiger charge is -2.26. The summed E-state index contributed by atoms with van der Waals surface area (Å²) in [4.78, 5) is 37.5. The molecule has 2 amide bonds. The van der Waals surface area contributed by atoms with E-state index in [1.54, 1.807) is 29.2 Å². The number of nitrogens with one attached hydrogen (secondary N) is 1. The lowest BCUT2D eigenvalue weighted by molar-refractivity contribution is -0.124. The number of likely N-dealkylation sites (tertiary alicyclic amines) is 1. The second-order valence-corrected chi connectivity index (χ2v) is 5.90. The van der Waals surface area contributed by atoms with Crippen LogP contribution in [0.4, 0.5) is 5.69 Å². The van der Waals surface area contributed by atoms with Crippen LogP contribution < -0.4 is 5.32 Å². The van der Waals surface area contributed by atoms with E-state index in [1.165, 1.54) is 0 Å². The van der Waals surface area contributed by atoms with Gasteiger partial charge in [0.1, 0.15) is 11.9 Å². The van der Waals surface area contributed by atoms with Gasteiger partial charge in [0, 0.05) is 43.8 Å². The van der Waals surface area contributed by atoms with E-state index in [2.05, 4.69) is 5.32 Å². The first-order chi connectivity index (χ1) is 11.1. The molecule has 2 fully saturated rings. The minimum atomic E-state index is -0.400. The van der Waals surface area contributed by atoms with Gasteiger partial charge in [0.15, 0.2) is 0 Å². The molecule has 6 heteroatoms. The molecule has 1 N–H and O–H groups in total. The van der Waals surface area contributed by atoms with Crippen LogP contribution in [-0.4, -0.2) is 48.3 Å². The number of benzene rings is 1. The molecule has 6 nitrogen and oxygen atoms in total. The van der Waals surface area contributed by atoms with Crippen molar-refractivity contribution in [1.82, 2.24) is 4.90 Å². The van der Waals surface area contributed by atoms with E-state index in [-0.39, 0.29) is 17.6 Å². The first kappa shape index (κ1) is 15.7. The van der Waals surface area contributed by atoms with Gasteiger partial charge in [-0.15, -0.1) is 0 Å². The van der Waals surface area contributed by atoms with Gasteiger partial charge in [-0.3, -0.25) is 14.4 Å². The van der Waals surface area contributed by atoms with Gasteiger partial charge in [0.2, 0.25) is 0 Å². The first-order valence-corrected chi connectivity index (χ1v) is 7.97. The van der Waals surface area contributed by atoms with Gasteiger partial charge in [0.25, 0.3) is 11.8 Å². The highest BCUT2D eigenvalue weighted by molar-refractivity contribution is 5.98. The zero-order valence-corrected chi connectivity index (χ0v) is 12.9. The van der Waals surface area contributed by atoms with Crippen molar-refractivity contribution in [2.24, 2.45) is 0 Å². The third-order valence-electron chi connectivity index (χ3n) is 4.21. The van der Waals surface area contributed by atoms with Gasteiger partial charge in [-0.2, -0.15) is 0 Å². The van der Waals surface area contributed by atoms with E-state index < -0.39 is 6.10 Å². The Bertz CT molecular complexity index is 613. The molecule has 2 heterocycles. The van der Waals surface area contributed by atoms with Gasteiger partial charge in [-0.1, -0.05) is 6.07 Å². The summed E-state index contributed by atoms with van der Waals surface area (Å²) < 4.78 is 5.35. The average molecular weight is 316 g/mol. The number of nitrogens with zero attached hydrogens (tertiary/aromatic N) is 1. The SMILES string of the molecule is O=C1CCN(C(=O)c2cccc(NC(=O)C3CCCO3)c2)CC1. The van der Waals surface area contributed by atoms with E-state index in [4.69, 9.17) is 4.74 Å². The monoisotopic (exact) mass is 316 g/mol. The van der Waals surface area contributed by atoms with Crippen molar-refractivity contribution in [2.45, 2.75) is 31.8 Å². The molecule has 3 rings (SSSR count). The summed E-state index contributed by atoms with van der Waals surface area (Å²) in [5.74, 6) is -0.0759. The van der Waals surface area contributed by atoms with Crippen LogP contribution >= 0.6 is 0 Å². The lowest BCUT2D eigenvalue weighted by atomic mass is 10.1. The van der Waals surface area contributed by atoms with Crippen LogP contribution in [0, 0.1) is 0 Å². The molecule has 1 unspecified atom stereocenters. The topological polar surface area (TPSA) is 75.7 Å². The van der Waals surface area contributed by atoms with Gasteiger partial charge in [-0.05, 0) is 31.0 Å². The zero-order valence-electron chi connectivity index (χ0n) is 12.9. The van der Waals surface area contributed by atoms with E-state index in [1.807, 2.05) is 0 Å². The van der Waals surface area contributed by atoms with Crippen molar-refractivity contribution >= 4 is 23.3 Å². The van der Waals surface area contributed by atoms with Crippen LogP contribution in [-0.2, 0) is 14.3 Å². The summed E-state index contributed by atoms with van der Waals surface area (Å²) in [6.07, 6.45) is 2.06. The molecule has 122 valence electrons. The van der Waals surface area contributed by atoms with Gasteiger partial charge in [-0.25, -0.2) is 0 Å². The predicted molar refractivity (Wildman–Crippen MR) is 84.2 cm³/mol. The Morgan fingerprint density at radius 1 is 1.22 bits per heavy atom. The quantitative estimate of drug-likeness (QED) is 0.919. The van der Waals surface area contributed by atoms with Crippen LogP contribution in [0.1, 0.15) is 36.0 Å². The molecule has 0 aromatic heterocycles. The van der Waals surface area contributed by atoms with Crippen LogP contribution in [0.3, 0.4) is 0 Å². The van der Waals surface area contributed by atoms with Crippen molar-refractivity contribution in [3.05, 3.63) is 29.8 Å². The maximum Gasteiger partial charge on any atom is 0.253 e. The number of Topliss-reactive ketones (excluding diaryl/α,β-unsaturated/α-hetero) is 1. The van der Waals surface area contributed by atoms with Crippen molar-refractivity contribution in [2.75, 3.05) is 25.0 Å². The van der Waals surface area contributed by atoms with Crippen LogP contribution in [0.25, 0.3) is 0 Å². The molecule has 0 aliphatic carbocycles. The van der Waals surface area contributed by atoms with Gasteiger partial charge < -0.3 is 15.0 Å². The Morgan fingerprint density at radius 3 is 2.70 bits per heavy atom. The summed E-state index contributed by atoms with van der Waals surface area (Å²) in [7, 11) is 0. The number of anilines is 1. The van der Waals surface area contributed by atoms with Crippen LogP contribution in [0.2, 0.25) is 0 Å². The second-order valence-electron chi connectivity index (χ2n) is 5.90. The molecule has 1 atom stereocenters. The van der Waals surface area contributed by atoms with Gasteiger partial charge >= 0.3 is 0 Å². The molecule has 0 saturated carbocycles. The summed E-state index contributed by atoms with van der Waals surface area (Å²) in [6, 6.07) is 6.89. The lowest BCUT2D eigenvalue weighted by Crippen LogP contribution is -2.38. The third kappa shape index (κ3) is 3.76. The van der Waals surface area contributed by atoms with E-state index in [0.29, 0.717) is 43.8 Å². The number of hydrogen-bond donors (Lipinski definition) is 1. The summed E-state index contributed by atoms with van der Waals surface area (Å²) >= 11 is 0. The van der Waals surface area contributed by atoms with E-state index in [9.17, 15) is 14.4 Å². The number of ketones is 1. The molecule has 2 aliphatic rings. The number of ether oxygens (including phenoxy) is 1. The predicted octanol–water partition coefficient (Wildman–Crippen LogP) is 1.61. The zero-order chi connectivity index (χ0) is 16.2. The Labute approximate surface area is 134 Å². The highest BCUT2D eigenvalue weighted by Gasteiger charge is 2.24. The fraction of sp³-hybridized carbons (Fsp3) is 0.471. The van der Waals surface area contributed by atoms with Crippen LogP contribution in [0.5, 0.6) is 0 Å². The first-order valence-electron chi connectivity index (χ1n) is 7.97. The molecule has 0 bridgehead atoms. The maximum atomic E-state index is 12.5. The average Bonchev–Trinajstić information content (AvgIpc) is 3.10. The number of carbonyl (C=O) groups excluding carboxylic acids is 3. The Kier molecular flexibility index (Phi) is 4.71. The minimum absolute atomic E-state index is 0.106. The smallest absolute Gasteiger partial charge is 0.253 e. The summed E-state index contributed by atoms with van der Waals surface area (Å²) in [6.45, 7) is 1.54. The van der Waals surface area contributed by atoms with Crippen molar-refractivity contribution in [3.63, 3.8) is 0 Å². The number of rotatable bonds is 3. The number of hydrogen-bond acceptors (Lipinski definition) is 4. The van der Waals surface area contributed by atoms with Crippen molar-refractivity contribution in [3.8, 4) is 0 Å². The Morgan fingerprint density at radius 2 is 2.00 bits per heavy atom. The molecule has 23 heavy (non-hydrogen) atoms. The highest BCUT2D eigenvalue weighted by atomic mass is 16.5. The molecule has 2 saturated heterocycles. The second kappa shape index (κ2) is 6.91. The fourth-order valence-electron chi connectivity index (χ4n) is 2.88. The number of piperidine rings is 1. The van der Waals surface area contributed by atoms with Crippen molar-refractivity contribution < 1.29 is 19.1 Å². The summed E-state index contributed by atoms with van der Waals surface area (Å²) in [5.41, 5.74) is 1.11. The molecular weight excluding hydrogens is 296 g/mol. The van der Waals surface area contributed by atoms with Crippen molar-refractivity contribution in [1.29, 1.82) is 0 Å². The molecule has 0 radical (unpaired) electrons. The number of amides is 2. The van der Waals surface area contributed by atoms with Crippen LogP contribution in [0.15, 0.2) is 24.3 Å². The molecular formula is C17H20N2O4. The fourth-order valence-corrected chi connectivity index (χ4v) is 2.88. The minimum Gasteiger partial charge on any atom is -0.368 e. The number of carbonyl (C=O) groups is 3. The molecule has 2 aliphatic heterocycles. The Hall–Kier alpha value is -2.21. The normalized spacial score (nSPS) is 21.3. The largest absolute Gasteiger partial charge is 0.368 e. The van der Waals surface area contributed by atoms with Gasteiger partial charge in [0.05, 0.1) is 0 Å². The van der Waals surface area contributed by atoms with E-state index in [0.717, 1.165) is 12.8 Å². The standard InChI is InChI=1S/C17H20N2O4/c20-14-6-8-19(9-7-14)17(22)12-3-1-4-13(11-12)18-16(21)15-5-2-10-23-15/h1,3-4,11,15H,2,5-10H2,(H,18,21).